The quantitative estimate of drug-likeness (QED) is 0.793. The lowest BCUT2D eigenvalue weighted by Gasteiger charge is -2.20. The maximum absolute atomic E-state index is 13.8. The van der Waals surface area contributed by atoms with Crippen molar-refractivity contribution >= 4 is 17.6 Å². The number of ether oxygens (including phenoxy) is 1. The third-order valence-corrected chi connectivity index (χ3v) is 2.57. The molecule has 0 aliphatic rings. The minimum atomic E-state index is -1.18. The molecule has 8 heteroatoms. The number of nitrogens with one attached hydrogen (secondary N) is 2. The Morgan fingerprint density at radius 2 is 2.00 bits per heavy atom. The molecule has 0 spiro atoms. The monoisotopic (exact) mass is 310 g/mol. The molecule has 22 heavy (non-hydrogen) atoms. The largest absolute Gasteiger partial charge is 0.444 e. The van der Waals surface area contributed by atoms with Crippen LogP contribution in [-0.2, 0) is 4.74 Å². The number of carbonyl (C=O) groups is 1. The summed E-state index contributed by atoms with van der Waals surface area (Å²) in [5.74, 6) is -2.08. The van der Waals surface area contributed by atoms with Gasteiger partial charge >= 0.3 is 6.09 Å². The topological polar surface area (TPSA) is 93.0 Å². The number of hydrogen-bond donors (Lipinski definition) is 3. The molecule has 4 N–H and O–H groups in total. The van der Waals surface area contributed by atoms with E-state index in [4.69, 9.17) is 10.5 Å². The van der Waals surface area contributed by atoms with E-state index in [2.05, 4.69) is 15.5 Å². The van der Waals surface area contributed by atoms with Crippen molar-refractivity contribution in [2.75, 3.05) is 11.1 Å². The highest BCUT2D eigenvalue weighted by Gasteiger charge is 2.19. The third kappa shape index (κ3) is 3.72. The summed E-state index contributed by atoms with van der Waals surface area (Å²) < 4.78 is 32.5. The number of benzene rings is 1. The summed E-state index contributed by atoms with van der Waals surface area (Å²) in [5.41, 5.74) is 5.06. The average Bonchev–Trinajstić information content (AvgIpc) is 2.79. The van der Waals surface area contributed by atoms with Crippen LogP contribution in [-0.4, -0.2) is 21.9 Å². The van der Waals surface area contributed by atoms with Crippen LogP contribution in [0.5, 0.6) is 0 Å². The first-order valence-electron chi connectivity index (χ1n) is 6.46. The minimum Gasteiger partial charge on any atom is -0.444 e. The normalized spacial score (nSPS) is 11.3. The van der Waals surface area contributed by atoms with Gasteiger partial charge < -0.3 is 10.5 Å². The number of nitrogens with zero attached hydrogens (tertiary/aromatic N) is 1. The van der Waals surface area contributed by atoms with Crippen LogP contribution in [0.15, 0.2) is 18.2 Å². The minimum absolute atomic E-state index is 0.210. The van der Waals surface area contributed by atoms with Crippen LogP contribution in [0.3, 0.4) is 0 Å². The van der Waals surface area contributed by atoms with Crippen LogP contribution < -0.4 is 11.1 Å². The summed E-state index contributed by atoms with van der Waals surface area (Å²) in [6.07, 6.45) is -0.882. The predicted octanol–water partition coefficient (Wildman–Crippen LogP) is 3.28. The number of aromatic amines is 1. The third-order valence-electron chi connectivity index (χ3n) is 2.57. The number of H-pyrrole nitrogens is 1. The summed E-state index contributed by atoms with van der Waals surface area (Å²) in [6, 6.07) is 3.70. The number of halogens is 2. The molecule has 1 aromatic carbocycles. The molecule has 6 nitrogen and oxygen atoms in total. The van der Waals surface area contributed by atoms with Crippen molar-refractivity contribution in [1.82, 2.24) is 10.2 Å². The van der Waals surface area contributed by atoms with Gasteiger partial charge in [-0.3, -0.25) is 10.4 Å². The van der Waals surface area contributed by atoms with Crippen molar-refractivity contribution in [3.05, 3.63) is 29.8 Å². The zero-order valence-electron chi connectivity index (χ0n) is 12.3. The van der Waals surface area contributed by atoms with Crippen molar-refractivity contribution in [3.63, 3.8) is 0 Å². The summed E-state index contributed by atoms with van der Waals surface area (Å²) in [7, 11) is 0. The molecule has 1 amide bonds. The highest BCUT2D eigenvalue weighted by molar-refractivity contribution is 5.86. The summed E-state index contributed by atoms with van der Waals surface area (Å²) in [5, 5.41) is 8.47. The second-order valence-electron chi connectivity index (χ2n) is 5.65. The van der Waals surface area contributed by atoms with Crippen LogP contribution in [0.1, 0.15) is 20.8 Å². The summed E-state index contributed by atoms with van der Waals surface area (Å²) >= 11 is 0. The van der Waals surface area contributed by atoms with Crippen LogP contribution in [0.25, 0.3) is 11.3 Å². The lowest BCUT2D eigenvalue weighted by atomic mass is 10.1. The van der Waals surface area contributed by atoms with Gasteiger partial charge in [0, 0.05) is 11.6 Å². The molecule has 1 aromatic heterocycles. The molecule has 0 aliphatic carbocycles. The number of aromatic nitrogens is 2. The highest BCUT2D eigenvalue weighted by atomic mass is 19.2. The zero-order valence-corrected chi connectivity index (χ0v) is 12.3. The Labute approximate surface area is 125 Å². The van der Waals surface area contributed by atoms with Gasteiger partial charge in [-0.1, -0.05) is 0 Å². The first-order chi connectivity index (χ1) is 10.2. The molecule has 0 bridgehead atoms. The fourth-order valence-electron chi connectivity index (χ4n) is 1.73. The SMILES string of the molecule is CC(C)(C)OC(=O)Nc1cc(-c2cc(N)n[nH]2)cc(F)c1F. The maximum atomic E-state index is 13.8. The molecule has 2 rings (SSSR count). The van der Waals surface area contributed by atoms with E-state index in [1.54, 1.807) is 20.8 Å². The Hall–Kier alpha value is -2.64. The van der Waals surface area contributed by atoms with Gasteiger partial charge in [0.1, 0.15) is 11.4 Å². The lowest BCUT2D eigenvalue weighted by Crippen LogP contribution is -2.27. The number of amides is 1. The Balaban J connectivity index is 2.31. The van der Waals surface area contributed by atoms with Gasteiger partial charge in [0.05, 0.1) is 11.4 Å². The summed E-state index contributed by atoms with van der Waals surface area (Å²) in [4.78, 5) is 11.7. The molecule has 0 saturated carbocycles. The molecule has 0 radical (unpaired) electrons. The van der Waals surface area contributed by atoms with Gasteiger partial charge in [0.2, 0.25) is 0 Å². The number of rotatable bonds is 2. The van der Waals surface area contributed by atoms with Crippen LogP contribution in [0, 0.1) is 11.6 Å². The van der Waals surface area contributed by atoms with E-state index in [0.717, 1.165) is 6.07 Å². The average molecular weight is 310 g/mol. The Morgan fingerprint density at radius 3 is 2.55 bits per heavy atom. The fraction of sp³-hybridized carbons (Fsp3) is 0.286. The molecule has 118 valence electrons. The fourth-order valence-corrected chi connectivity index (χ4v) is 1.73. The molecule has 0 atom stereocenters. The van der Waals surface area contributed by atoms with Crippen molar-refractivity contribution in [2.24, 2.45) is 0 Å². The molecular weight excluding hydrogens is 294 g/mol. The van der Waals surface area contributed by atoms with Crippen molar-refractivity contribution in [2.45, 2.75) is 26.4 Å². The van der Waals surface area contributed by atoms with Gasteiger partial charge in [0.15, 0.2) is 11.6 Å². The molecular formula is C14H16F2N4O2. The molecule has 0 saturated heterocycles. The predicted molar refractivity (Wildman–Crippen MR) is 78.2 cm³/mol. The second kappa shape index (κ2) is 5.63. The maximum Gasteiger partial charge on any atom is 0.412 e. The zero-order chi connectivity index (χ0) is 16.5. The molecule has 0 aliphatic heterocycles. The number of anilines is 2. The van der Waals surface area contributed by atoms with E-state index < -0.39 is 23.3 Å². The van der Waals surface area contributed by atoms with E-state index in [9.17, 15) is 13.6 Å². The van der Waals surface area contributed by atoms with Gasteiger partial charge in [-0.25, -0.2) is 13.6 Å². The Bertz CT molecular complexity index is 707. The molecule has 1 heterocycles. The van der Waals surface area contributed by atoms with Crippen molar-refractivity contribution < 1.29 is 18.3 Å². The summed E-state index contributed by atoms with van der Waals surface area (Å²) in [6.45, 7) is 4.98. The first kappa shape index (κ1) is 15.7. The van der Waals surface area contributed by atoms with Crippen LogP contribution >= 0.6 is 0 Å². The number of nitrogen functional groups attached to an aromatic ring is 1. The lowest BCUT2D eigenvalue weighted by molar-refractivity contribution is 0.0635. The first-order valence-corrected chi connectivity index (χ1v) is 6.46. The number of carbonyl (C=O) groups excluding carboxylic acids is 1. The molecule has 0 unspecified atom stereocenters. The standard InChI is InChI=1S/C14H16F2N4O2/c1-14(2,3)22-13(21)18-10-5-7(4-8(15)12(10)16)9-6-11(17)20-19-9/h4-6H,1-3H3,(H,18,21)(H3,17,19,20). The highest BCUT2D eigenvalue weighted by Crippen LogP contribution is 2.27. The molecule has 0 fully saturated rings. The number of hydrogen-bond acceptors (Lipinski definition) is 4. The van der Waals surface area contributed by atoms with Crippen molar-refractivity contribution in [1.29, 1.82) is 0 Å². The van der Waals surface area contributed by atoms with Gasteiger partial charge in [0.25, 0.3) is 0 Å². The Morgan fingerprint density at radius 1 is 1.32 bits per heavy atom. The second-order valence-corrected chi connectivity index (χ2v) is 5.65. The smallest absolute Gasteiger partial charge is 0.412 e. The van der Waals surface area contributed by atoms with Gasteiger partial charge in [-0.15, -0.1) is 0 Å². The van der Waals surface area contributed by atoms with Crippen molar-refractivity contribution in [3.8, 4) is 11.3 Å². The van der Waals surface area contributed by atoms with Crippen LogP contribution in [0.4, 0.5) is 25.1 Å². The van der Waals surface area contributed by atoms with E-state index in [1.807, 2.05) is 0 Å². The van der Waals surface area contributed by atoms with E-state index in [1.165, 1.54) is 12.1 Å². The molecule has 2 aromatic rings. The van der Waals surface area contributed by atoms with E-state index in [0.29, 0.717) is 5.69 Å². The number of nitrogens with two attached hydrogens (primary N) is 1. The van der Waals surface area contributed by atoms with E-state index >= 15 is 0 Å². The Kier molecular flexibility index (Phi) is 4.03. The van der Waals surface area contributed by atoms with E-state index in [-0.39, 0.29) is 17.1 Å². The van der Waals surface area contributed by atoms with Gasteiger partial charge in [-0.05, 0) is 32.9 Å². The van der Waals surface area contributed by atoms with Gasteiger partial charge in [-0.2, -0.15) is 5.10 Å². The van der Waals surface area contributed by atoms with Crippen LogP contribution in [0.2, 0.25) is 0 Å².